The average molecular weight is 328 g/mol. The summed E-state index contributed by atoms with van der Waals surface area (Å²) in [5, 5.41) is 6.70. The number of aromatic nitrogens is 2. The van der Waals surface area contributed by atoms with Crippen molar-refractivity contribution >= 4 is 28.8 Å². The third-order valence-electron chi connectivity index (χ3n) is 3.12. The molecule has 1 amide bonds. The molecule has 2 aromatic rings. The summed E-state index contributed by atoms with van der Waals surface area (Å²) >= 11 is 7.04. The van der Waals surface area contributed by atoms with Crippen molar-refractivity contribution in [3.63, 3.8) is 0 Å². The van der Waals surface area contributed by atoms with Crippen molar-refractivity contribution in [2.45, 2.75) is 25.4 Å². The molecule has 21 heavy (non-hydrogen) atoms. The van der Waals surface area contributed by atoms with Crippen LogP contribution in [0.3, 0.4) is 0 Å². The Labute approximate surface area is 130 Å². The van der Waals surface area contributed by atoms with Crippen LogP contribution >= 0.6 is 22.9 Å². The van der Waals surface area contributed by atoms with Crippen LogP contribution in [0.1, 0.15) is 40.3 Å². The first kappa shape index (κ1) is 14.5. The molecule has 0 spiro atoms. The van der Waals surface area contributed by atoms with Crippen LogP contribution in [0.2, 0.25) is 4.34 Å². The Balaban J connectivity index is 1.48. The topological polar surface area (TPSA) is 77.2 Å². The molecule has 1 saturated heterocycles. The largest absolute Gasteiger partial charge is 0.368 e. The molecule has 1 aliphatic rings. The molecule has 0 aliphatic carbocycles. The van der Waals surface area contributed by atoms with Crippen LogP contribution in [0.15, 0.2) is 16.7 Å². The number of rotatable bonds is 5. The number of halogens is 1. The first-order chi connectivity index (χ1) is 10.2. The predicted molar refractivity (Wildman–Crippen MR) is 77.6 cm³/mol. The first-order valence-corrected chi connectivity index (χ1v) is 7.89. The van der Waals surface area contributed by atoms with Gasteiger partial charge in [-0.25, -0.2) is 0 Å². The van der Waals surface area contributed by atoms with Crippen molar-refractivity contribution in [3.05, 3.63) is 33.1 Å². The van der Waals surface area contributed by atoms with Crippen molar-refractivity contribution in [1.82, 2.24) is 15.5 Å². The highest BCUT2D eigenvalue weighted by atomic mass is 35.5. The third kappa shape index (κ3) is 3.61. The van der Waals surface area contributed by atoms with Crippen LogP contribution in [0.25, 0.3) is 0 Å². The Hall–Kier alpha value is -1.44. The number of carbonyl (C=O) groups excluding carboxylic acids is 1. The van der Waals surface area contributed by atoms with Crippen molar-refractivity contribution in [1.29, 1.82) is 0 Å². The Morgan fingerprint density at radius 3 is 3.14 bits per heavy atom. The lowest BCUT2D eigenvalue weighted by Gasteiger charge is -2.01. The van der Waals surface area contributed by atoms with Gasteiger partial charge in [0.1, 0.15) is 6.10 Å². The van der Waals surface area contributed by atoms with E-state index in [1.54, 1.807) is 12.1 Å². The highest BCUT2D eigenvalue weighted by Gasteiger charge is 2.23. The second-order valence-corrected chi connectivity index (χ2v) is 6.38. The van der Waals surface area contributed by atoms with Gasteiger partial charge in [0.25, 0.3) is 11.8 Å². The van der Waals surface area contributed by atoms with Gasteiger partial charge in [-0.2, -0.15) is 4.98 Å². The maximum Gasteiger partial charge on any atom is 0.261 e. The van der Waals surface area contributed by atoms with Crippen LogP contribution in [-0.2, 0) is 11.2 Å². The predicted octanol–water partition coefficient (Wildman–Crippen LogP) is 2.61. The van der Waals surface area contributed by atoms with E-state index < -0.39 is 0 Å². The van der Waals surface area contributed by atoms with E-state index in [0.717, 1.165) is 19.4 Å². The monoisotopic (exact) mass is 327 g/mol. The molecule has 1 atom stereocenters. The van der Waals surface area contributed by atoms with E-state index >= 15 is 0 Å². The summed E-state index contributed by atoms with van der Waals surface area (Å²) in [5.41, 5.74) is 0. The van der Waals surface area contributed by atoms with Crippen LogP contribution < -0.4 is 5.32 Å². The molecule has 1 fully saturated rings. The Morgan fingerprint density at radius 1 is 1.52 bits per heavy atom. The van der Waals surface area contributed by atoms with Crippen LogP contribution in [0, 0.1) is 0 Å². The van der Waals surface area contributed by atoms with Crippen LogP contribution in [0.4, 0.5) is 0 Å². The lowest BCUT2D eigenvalue weighted by Crippen LogP contribution is -2.25. The van der Waals surface area contributed by atoms with E-state index in [4.69, 9.17) is 20.9 Å². The number of nitrogens with zero attached hydrogens (tertiary/aromatic N) is 2. The number of hydrogen-bond donors (Lipinski definition) is 1. The molecule has 1 N–H and O–H groups in total. The zero-order valence-electron chi connectivity index (χ0n) is 11.2. The third-order valence-corrected chi connectivity index (χ3v) is 4.35. The summed E-state index contributed by atoms with van der Waals surface area (Å²) < 4.78 is 11.3. The molecule has 112 valence electrons. The highest BCUT2D eigenvalue weighted by Crippen LogP contribution is 2.26. The minimum Gasteiger partial charge on any atom is -0.368 e. The summed E-state index contributed by atoms with van der Waals surface area (Å²) in [6.45, 7) is 1.18. The minimum absolute atomic E-state index is 0.0749. The summed E-state index contributed by atoms with van der Waals surface area (Å²) in [7, 11) is 0. The Morgan fingerprint density at radius 2 is 2.43 bits per heavy atom. The van der Waals surface area contributed by atoms with Crippen LogP contribution in [-0.4, -0.2) is 29.2 Å². The molecular weight excluding hydrogens is 314 g/mol. The molecule has 3 heterocycles. The van der Waals surface area contributed by atoms with E-state index in [0.29, 0.717) is 33.9 Å². The Bertz CT molecular complexity index is 622. The Kier molecular flexibility index (Phi) is 4.52. The fourth-order valence-corrected chi connectivity index (χ4v) is 3.04. The SMILES string of the molecule is O=C(NCCc1noc([C@@H]2CCCO2)n1)c1ccc(Cl)s1. The molecule has 0 saturated carbocycles. The second kappa shape index (κ2) is 6.55. The zero-order valence-corrected chi connectivity index (χ0v) is 12.7. The van der Waals surface area contributed by atoms with Crippen molar-refractivity contribution in [3.8, 4) is 0 Å². The molecule has 8 heteroatoms. The molecule has 2 aromatic heterocycles. The lowest BCUT2D eigenvalue weighted by molar-refractivity contribution is 0.0835. The summed E-state index contributed by atoms with van der Waals surface area (Å²) in [6.07, 6.45) is 2.37. The summed E-state index contributed by atoms with van der Waals surface area (Å²) in [6, 6.07) is 3.40. The molecule has 0 aromatic carbocycles. The maximum absolute atomic E-state index is 11.8. The normalized spacial score (nSPS) is 18.0. The molecule has 6 nitrogen and oxygen atoms in total. The average Bonchev–Trinajstić information content (AvgIpc) is 3.19. The molecular formula is C13H14ClN3O3S. The number of thiophene rings is 1. The van der Waals surface area contributed by atoms with Gasteiger partial charge >= 0.3 is 0 Å². The summed E-state index contributed by atoms with van der Waals surface area (Å²) in [5.74, 6) is 0.957. The van der Waals surface area contributed by atoms with Gasteiger partial charge in [-0.1, -0.05) is 16.8 Å². The van der Waals surface area contributed by atoms with Crippen molar-refractivity contribution in [2.24, 2.45) is 0 Å². The molecule has 0 unspecified atom stereocenters. The standard InChI is InChI=1S/C13H14ClN3O3S/c14-10-4-3-9(21-10)12(18)15-6-5-11-16-13(20-17-11)8-2-1-7-19-8/h3-4,8H,1-2,5-7H2,(H,15,18)/t8-/m0/s1. The fraction of sp³-hybridized carbons (Fsp3) is 0.462. The van der Waals surface area contributed by atoms with E-state index in [1.807, 2.05) is 0 Å². The summed E-state index contributed by atoms with van der Waals surface area (Å²) in [4.78, 5) is 16.7. The van der Waals surface area contributed by atoms with Gasteiger partial charge in [0.2, 0.25) is 0 Å². The smallest absolute Gasteiger partial charge is 0.261 e. The maximum atomic E-state index is 11.8. The van der Waals surface area contributed by atoms with Crippen molar-refractivity contribution in [2.75, 3.05) is 13.2 Å². The number of carbonyl (C=O) groups is 1. The van der Waals surface area contributed by atoms with E-state index in [2.05, 4.69) is 15.5 Å². The number of amides is 1. The lowest BCUT2D eigenvalue weighted by atomic mass is 10.2. The second-order valence-electron chi connectivity index (χ2n) is 4.66. The van der Waals surface area contributed by atoms with Gasteiger partial charge in [0, 0.05) is 19.6 Å². The van der Waals surface area contributed by atoms with Gasteiger partial charge in [0.05, 0.1) is 9.21 Å². The fourth-order valence-electron chi connectivity index (χ4n) is 2.08. The number of ether oxygens (including phenoxy) is 1. The van der Waals surface area contributed by atoms with E-state index in [1.165, 1.54) is 11.3 Å². The molecule has 3 rings (SSSR count). The molecule has 0 radical (unpaired) electrons. The highest BCUT2D eigenvalue weighted by molar-refractivity contribution is 7.17. The van der Waals surface area contributed by atoms with Gasteiger partial charge in [0.15, 0.2) is 5.82 Å². The minimum atomic E-state index is -0.144. The quantitative estimate of drug-likeness (QED) is 0.913. The van der Waals surface area contributed by atoms with E-state index in [-0.39, 0.29) is 12.0 Å². The number of nitrogens with one attached hydrogen (secondary N) is 1. The van der Waals surface area contributed by atoms with Gasteiger partial charge in [-0.05, 0) is 25.0 Å². The molecule has 1 aliphatic heterocycles. The zero-order chi connectivity index (χ0) is 14.7. The van der Waals surface area contributed by atoms with Crippen LogP contribution in [0.5, 0.6) is 0 Å². The van der Waals surface area contributed by atoms with Gasteiger partial charge in [-0.3, -0.25) is 4.79 Å². The van der Waals surface area contributed by atoms with E-state index in [9.17, 15) is 4.79 Å². The first-order valence-electron chi connectivity index (χ1n) is 6.70. The number of hydrogen-bond acceptors (Lipinski definition) is 6. The van der Waals surface area contributed by atoms with Gasteiger partial charge in [-0.15, -0.1) is 11.3 Å². The molecule has 0 bridgehead atoms. The van der Waals surface area contributed by atoms with Gasteiger partial charge < -0.3 is 14.6 Å². The van der Waals surface area contributed by atoms with Crippen molar-refractivity contribution < 1.29 is 14.1 Å².